The maximum atomic E-state index is 11.8. The van der Waals surface area contributed by atoms with E-state index in [-0.39, 0.29) is 12.4 Å². The van der Waals surface area contributed by atoms with Gasteiger partial charge in [0, 0.05) is 6.92 Å². The number of hydrogen-bond acceptors (Lipinski definition) is 6. The smallest absolute Gasteiger partial charge is 0.348 e. The van der Waals surface area contributed by atoms with Crippen LogP contribution in [0.15, 0.2) is 12.3 Å². The van der Waals surface area contributed by atoms with Crippen LogP contribution in [-0.4, -0.2) is 37.0 Å². The van der Waals surface area contributed by atoms with Gasteiger partial charge in [0.15, 0.2) is 11.5 Å². The van der Waals surface area contributed by atoms with E-state index in [1.54, 1.807) is 0 Å². The molecule has 0 amide bonds. The molecule has 1 saturated heterocycles. The molecule has 2 atom stereocenters. The third-order valence-electron chi connectivity index (χ3n) is 2.71. The minimum atomic E-state index is -1.15. The van der Waals surface area contributed by atoms with E-state index >= 15 is 0 Å². The number of hydrogen-bond donors (Lipinski definition) is 0. The highest BCUT2D eigenvalue weighted by atomic mass is 16.6. The van der Waals surface area contributed by atoms with Crippen LogP contribution in [0.25, 0.3) is 0 Å². The Balaban J connectivity index is 2.60. The highest BCUT2D eigenvalue weighted by Gasteiger charge is 2.45. The van der Waals surface area contributed by atoms with E-state index in [9.17, 15) is 14.4 Å². The van der Waals surface area contributed by atoms with Gasteiger partial charge in [-0.25, -0.2) is 4.79 Å². The molecule has 106 valence electrons. The molecule has 1 aliphatic heterocycles. The molecule has 6 nitrogen and oxygen atoms in total. The summed E-state index contributed by atoms with van der Waals surface area (Å²) in [6.45, 7) is 6.82. The lowest BCUT2D eigenvalue weighted by molar-refractivity contribution is -0.154. The zero-order valence-corrected chi connectivity index (χ0v) is 11.1. The van der Waals surface area contributed by atoms with Gasteiger partial charge in [-0.1, -0.05) is 19.9 Å². The van der Waals surface area contributed by atoms with Crippen molar-refractivity contribution in [3.8, 4) is 0 Å². The Labute approximate surface area is 111 Å². The molecule has 19 heavy (non-hydrogen) atoms. The lowest BCUT2D eigenvalue weighted by atomic mass is 10.1. The summed E-state index contributed by atoms with van der Waals surface area (Å²) < 4.78 is 14.9. The van der Waals surface area contributed by atoms with Crippen molar-refractivity contribution in [1.82, 2.24) is 0 Å². The highest BCUT2D eigenvalue weighted by Crippen LogP contribution is 2.22. The summed E-state index contributed by atoms with van der Waals surface area (Å²) in [7, 11) is 0. The summed E-state index contributed by atoms with van der Waals surface area (Å²) in [5, 5.41) is 0. The van der Waals surface area contributed by atoms with Crippen LogP contribution in [0.3, 0.4) is 0 Å². The predicted molar refractivity (Wildman–Crippen MR) is 65.0 cm³/mol. The van der Waals surface area contributed by atoms with Gasteiger partial charge in [0.1, 0.15) is 12.5 Å². The molecule has 0 N–H and O–H groups in total. The topological polar surface area (TPSA) is 78.9 Å². The number of Topliss-reactive ketones (excluding diaryl/α,β-unsaturated/α-hetero) is 1. The fourth-order valence-corrected chi connectivity index (χ4v) is 1.49. The van der Waals surface area contributed by atoms with Gasteiger partial charge in [0.2, 0.25) is 6.10 Å². The standard InChI is InChI=1S/C13H18O6/c1-4-5-6-17-12(15)10-7-18-13(16)11(10)19-9(3)8(2)14/h10-11H,3-7H2,1-2H3. The van der Waals surface area contributed by atoms with Crippen molar-refractivity contribution in [3.05, 3.63) is 12.3 Å². The number of cyclic esters (lactones) is 1. The Hall–Kier alpha value is -1.85. The first-order valence-electron chi connectivity index (χ1n) is 6.17. The Kier molecular flexibility index (Phi) is 5.54. The molecule has 2 unspecified atom stereocenters. The van der Waals surface area contributed by atoms with Crippen molar-refractivity contribution in [1.29, 1.82) is 0 Å². The van der Waals surface area contributed by atoms with Crippen molar-refractivity contribution >= 4 is 17.7 Å². The van der Waals surface area contributed by atoms with Crippen LogP contribution in [-0.2, 0) is 28.6 Å². The molecule has 0 aromatic rings. The van der Waals surface area contributed by atoms with E-state index in [2.05, 4.69) is 6.58 Å². The zero-order chi connectivity index (χ0) is 14.4. The fraction of sp³-hybridized carbons (Fsp3) is 0.615. The average molecular weight is 270 g/mol. The van der Waals surface area contributed by atoms with Crippen LogP contribution in [0, 0.1) is 5.92 Å². The summed E-state index contributed by atoms with van der Waals surface area (Å²) in [6, 6.07) is 0. The third kappa shape index (κ3) is 4.08. The molecule has 1 heterocycles. The normalized spacial score (nSPS) is 21.7. The van der Waals surface area contributed by atoms with Gasteiger partial charge >= 0.3 is 11.9 Å². The van der Waals surface area contributed by atoms with E-state index in [4.69, 9.17) is 14.2 Å². The van der Waals surface area contributed by atoms with Gasteiger partial charge in [-0.15, -0.1) is 0 Å². The Morgan fingerprint density at radius 3 is 2.74 bits per heavy atom. The monoisotopic (exact) mass is 270 g/mol. The SMILES string of the molecule is C=C(OC1C(=O)OCC1C(=O)OCCCC)C(C)=O. The van der Waals surface area contributed by atoms with E-state index < -0.39 is 29.7 Å². The highest BCUT2D eigenvalue weighted by molar-refractivity contribution is 5.92. The Morgan fingerprint density at radius 1 is 1.47 bits per heavy atom. The van der Waals surface area contributed by atoms with Gasteiger partial charge in [-0.3, -0.25) is 9.59 Å². The van der Waals surface area contributed by atoms with Crippen LogP contribution >= 0.6 is 0 Å². The summed E-state index contributed by atoms with van der Waals surface area (Å²) in [6.07, 6.45) is 0.499. The predicted octanol–water partition coefficient (Wildman–Crippen LogP) is 0.991. The lowest BCUT2D eigenvalue weighted by Gasteiger charge is -2.16. The van der Waals surface area contributed by atoms with E-state index in [1.165, 1.54) is 6.92 Å². The number of esters is 2. The summed E-state index contributed by atoms with van der Waals surface area (Å²) in [5.41, 5.74) is 0. The van der Waals surface area contributed by atoms with Crippen molar-refractivity contribution in [2.45, 2.75) is 32.8 Å². The van der Waals surface area contributed by atoms with Crippen molar-refractivity contribution in [2.75, 3.05) is 13.2 Å². The quantitative estimate of drug-likeness (QED) is 0.297. The maximum absolute atomic E-state index is 11.8. The molecule has 1 rings (SSSR count). The number of rotatable bonds is 7. The van der Waals surface area contributed by atoms with Crippen molar-refractivity contribution in [3.63, 3.8) is 0 Å². The molecule has 0 saturated carbocycles. The summed E-state index contributed by atoms with van der Waals surface area (Å²) in [5.74, 6) is -2.66. The first-order chi connectivity index (χ1) is 8.97. The minimum Gasteiger partial charge on any atom is -0.475 e. The Morgan fingerprint density at radius 2 is 2.16 bits per heavy atom. The molecule has 1 fully saturated rings. The largest absolute Gasteiger partial charge is 0.475 e. The van der Waals surface area contributed by atoms with Crippen LogP contribution < -0.4 is 0 Å². The maximum Gasteiger partial charge on any atom is 0.348 e. The van der Waals surface area contributed by atoms with Gasteiger partial charge < -0.3 is 14.2 Å². The van der Waals surface area contributed by atoms with Crippen LogP contribution in [0.4, 0.5) is 0 Å². The molecular weight excluding hydrogens is 252 g/mol. The minimum absolute atomic E-state index is 0.0976. The fourth-order valence-electron chi connectivity index (χ4n) is 1.49. The molecule has 0 spiro atoms. The number of ketones is 1. The molecule has 1 aliphatic rings. The summed E-state index contributed by atoms with van der Waals surface area (Å²) >= 11 is 0. The number of unbranched alkanes of at least 4 members (excludes halogenated alkanes) is 1. The first kappa shape index (κ1) is 15.2. The zero-order valence-electron chi connectivity index (χ0n) is 11.1. The van der Waals surface area contributed by atoms with Crippen LogP contribution in [0.1, 0.15) is 26.7 Å². The molecule has 0 bridgehead atoms. The first-order valence-corrected chi connectivity index (χ1v) is 6.17. The Bertz CT molecular complexity index is 387. The second-order valence-electron chi connectivity index (χ2n) is 4.28. The van der Waals surface area contributed by atoms with Crippen molar-refractivity contribution < 1.29 is 28.6 Å². The van der Waals surface area contributed by atoms with Gasteiger partial charge in [0.05, 0.1) is 6.61 Å². The second kappa shape index (κ2) is 6.92. The van der Waals surface area contributed by atoms with Gasteiger partial charge in [-0.05, 0) is 6.42 Å². The van der Waals surface area contributed by atoms with E-state index in [0.29, 0.717) is 6.61 Å². The number of ether oxygens (including phenoxy) is 3. The summed E-state index contributed by atoms with van der Waals surface area (Å²) in [4.78, 5) is 34.3. The molecule has 0 radical (unpaired) electrons. The number of carbonyl (C=O) groups is 3. The van der Waals surface area contributed by atoms with E-state index in [1.807, 2.05) is 6.92 Å². The van der Waals surface area contributed by atoms with Crippen LogP contribution in [0.2, 0.25) is 0 Å². The van der Waals surface area contributed by atoms with E-state index in [0.717, 1.165) is 12.8 Å². The second-order valence-corrected chi connectivity index (χ2v) is 4.28. The third-order valence-corrected chi connectivity index (χ3v) is 2.71. The van der Waals surface area contributed by atoms with Gasteiger partial charge in [0.25, 0.3) is 0 Å². The number of carbonyl (C=O) groups excluding carboxylic acids is 3. The van der Waals surface area contributed by atoms with Gasteiger partial charge in [-0.2, -0.15) is 0 Å². The molecule has 0 aromatic heterocycles. The lowest BCUT2D eigenvalue weighted by Crippen LogP contribution is -2.33. The van der Waals surface area contributed by atoms with Crippen LogP contribution in [0.5, 0.6) is 0 Å². The van der Waals surface area contributed by atoms with Crippen molar-refractivity contribution in [2.24, 2.45) is 5.92 Å². The molecule has 6 heteroatoms. The molecular formula is C13H18O6. The molecule has 0 aromatic carbocycles. The number of allylic oxidation sites excluding steroid dienone is 1. The molecule has 0 aliphatic carbocycles. The average Bonchev–Trinajstić information content (AvgIpc) is 2.71.